The van der Waals surface area contributed by atoms with Gasteiger partial charge < -0.3 is 5.32 Å². The van der Waals surface area contributed by atoms with Gasteiger partial charge in [-0.25, -0.2) is 8.42 Å². The Balaban J connectivity index is 1.74. The second-order valence-electron chi connectivity index (χ2n) is 7.21. The lowest BCUT2D eigenvalue weighted by molar-refractivity contribution is -0.116. The predicted octanol–water partition coefficient (Wildman–Crippen LogP) is 3.44. The average Bonchev–Trinajstić information content (AvgIpc) is 2.64. The second kappa shape index (κ2) is 7.82. The summed E-state index contributed by atoms with van der Waals surface area (Å²) in [6.45, 7) is 3.60. The highest BCUT2D eigenvalue weighted by Crippen LogP contribution is 2.25. The van der Waals surface area contributed by atoms with E-state index < -0.39 is 10.0 Å². The first-order valence-electron chi connectivity index (χ1n) is 9.23. The van der Waals surface area contributed by atoms with Crippen molar-refractivity contribution in [3.63, 3.8) is 0 Å². The number of rotatable bonds is 5. The molecule has 1 amide bonds. The van der Waals surface area contributed by atoms with Gasteiger partial charge in [-0.2, -0.15) is 4.31 Å². The lowest BCUT2D eigenvalue weighted by Gasteiger charge is -2.20. The monoisotopic (exact) mass is 386 g/mol. The van der Waals surface area contributed by atoms with E-state index in [1.165, 1.54) is 12.6 Å². The first kappa shape index (κ1) is 19.6. The fourth-order valence-corrected chi connectivity index (χ4v) is 4.71. The van der Waals surface area contributed by atoms with Crippen molar-refractivity contribution in [1.29, 1.82) is 0 Å². The standard InChI is InChI=1S/C21H26N2O3S/c1-15-7-6-8-16(2)21(15)22-20(24)14-23(3)27(25,26)19-12-11-17-9-4-5-10-18(17)13-19/h6-8,11-13H,4-5,9-10,14H2,1-3H3,(H,22,24). The van der Waals surface area contributed by atoms with E-state index >= 15 is 0 Å². The quantitative estimate of drug-likeness (QED) is 0.856. The van der Waals surface area contributed by atoms with Crippen LogP contribution in [-0.4, -0.2) is 32.2 Å². The van der Waals surface area contributed by atoms with Crippen molar-refractivity contribution >= 4 is 21.6 Å². The molecule has 1 aliphatic rings. The Morgan fingerprint density at radius 2 is 1.67 bits per heavy atom. The van der Waals surface area contributed by atoms with Gasteiger partial charge >= 0.3 is 0 Å². The third-order valence-electron chi connectivity index (χ3n) is 5.14. The zero-order chi connectivity index (χ0) is 19.6. The van der Waals surface area contributed by atoms with E-state index in [1.807, 2.05) is 38.1 Å². The molecule has 0 bridgehead atoms. The summed E-state index contributed by atoms with van der Waals surface area (Å²) >= 11 is 0. The molecule has 0 heterocycles. The molecule has 0 saturated carbocycles. The van der Waals surface area contributed by atoms with Crippen LogP contribution in [0.15, 0.2) is 41.3 Å². The molecule has 3 rings (SSSR count). The number of hydrogen-bond donors (Lipinski definition) is 1. The van der Waals surface area contributed by atoms with Gasteiger partial charge in [0.25, 0.3) is 0 Å². The summed E-state index contributed by atoms with van der Waals surface area (Å²) in [5.41, 5.74) is 4.97. The molecule has 0 aromatic heterocycles. The molecule has 1 N–H and O–H groups in total. The van der Waals surface area contributed by atoms with E-state index in [-0.39, 0.29) is 17.3 Å². The molecule has 2 aromatic rings. The van der Waals surface area contributed by atoms with Crippen molar-refractivity contribution < 1.29 is 13.2 Å². The Hall–Kier alpha value is -2.18. The van der Waals surface area contributed by atoms with Crippen molar-refractivity contribution in [2.75, 3.05) is 18.9 Å². The van der Waals surface area contributed by atoms with E-state index in [2.05, 4.69) is 5.32 Å². The maximum atomic E-state index is 12.9. The number of fused-ring (bicyclic) bond motifs is 1. The van der Waals surface area contributed by atoms with Crippen LogP contribution < -0.4 is 5.32 Å². The minimum Gasteiger partial charge on any atom is -0.324 e. The summed E-state index contributed by atoms with van der Waals surface area (Å²) in [6, 6.07) is 11.1. The Labute approximate surface area is 161 Å². The fraction of sp³-hybridized carbons (Fsp3) is 0.381. The highest BCUT2D eigenvalue weighted by atomic mass is 32.2. The van der Waals surface area contributed by atoms with Crippen molar-refractivity contribution in [1.82, 2.24) is 4.31 Å². The minimum atomic E-state index is -3.71. The van der Waals surface area contributed by atoms with Crippen LogP contribution >= 0.6 is 0 Å². The molecule has 0 radical (unpaired) electrons. The number of amides is 1. The van der Waals surface area contributed by atoms with Crippen LogP contribution in [0.3, 0.4) is 0 Å². The van der Waals surface area contributed by atoms with Crippen LogP contribution in [0.25, 0.3) is 0 Å². The molecular weight excluding hydrogens is 360 g/mol. The third kappa shape index (κ3) is 4.22. The number of benzene rings is 2. The van der Waals surface area contributed by atoms with Crippen molar-refractivity contribution in [2.45, 2.75) is 44.4 Å². The minimum absolute atomic E-state index is 0.229. The number of aryl methyl sites for hydroxylation is 4. The maximum absolute atomic E-state index is 12.9. The van der Waals surface area contributed by atoms with Crippen LogP contribution in [0, 0.1) is 13.8 Å². The molecule has 0 unspecified atom stereocenters. The van der Waals surface area contributed by atoms with Gasteiger partial charge in [0.15, 0.2) is 0 Å². The van der Waals surface area contributed by atoms with E-state index in [1.54, 1.807) is 12.1 Å². The molecule has 0 saturated heterocycles. The number of nitrogens with zero attached hydrogens (tertiary/aromatic N) is 1. The summed E-state index contributed by atoms with van der Waals surface area (Å²) in [5.74, 6) is -0.351. The average molecular weight is 387 g/mol. The molecule has 0 fully saturated rings. The topological polar surface area (TPSA) is 66.5 Å². The predicted molar refractivity (Wildman–Crippen MR) is 107 cm³/mol. The lowest BCUT2D eigenvalue weighted by Crippen LogP contribution is -2.35. The molecule has 2 aromatic carbocycles. The summed E-state index contributed by atoms with van der Waals surface area (Å²) in [4.78, 5) is 12.7. The zero-order valence-corrected chi connectivity index (χ0v) is 16.9. The first-order chi connectivity index (χ1) is 12.8. The summed E-state index contributed by atoms with van der Waals surface area (Å²) < 4.78 is 26.9. The highest BCUT2D eigenvalue weighted by Gasteiger charge is 2.24. The molecule has 5 nitrogen and oxygen atoms in total. The summed E-state index contributed by atoms with van der Waals surface area (Å²) in [5, 5.41) is 2.84. The number of hydrogen-bond acceptors (Lipinski definition) is 3. The van der Waals surface area contributed by atoms with E-state index in [0.29, 0.717) is 0 Å². The van der Waals surface area contributed by atoms with Gasteiger partial charge in [0.2, 0.25) is 15.9 Å². The van der Waals surface area contributed by atoms with E-state index in [9.17, 15) is 13.2 Å². The van der Waals surface area contributed by atoms with Gasteiger partial charge in [-0.3, -0.25) is 4.79 Å². The molecule has 0 aliphatic heterocycles. The normalized spacial score (nSPS) is 14.1. The first-order valence-corrected chi connectivity index (χ1v) is 10.7. The Kier molecular flexibility index (Phi) is 5.67. The third-order valence-corrected chi connectivity index (χ3v) is 6.94. The van der Waals surface area contributed by atoms with Gasteiger partial charge in [-0.15, -0.1) is 0 Å². The number of nitrogens with one attached hydrogen (secondary N) is 1. The van der Waals surface area contributed by atoms with Crippen LogP contribution in [0.2, 0.25) is 0 Å². The van der Waals surface area contributed by atoms with Crippen LogP contribution in [0.5, 0.6) is 0 Å². The molecule has 6 heteroatoms. The summed E-state index contributed by atoms with van der Waals surface area (Å²) in [6.07, 6.45) is 4.15. The molecule has 0 spiro atoms. The smallest absolute Gasteiger partial charge is 0.243 e. The van der Waals surface area contributed by atoms with Crippen molar-refractivity contribution in [3.05, 3.63) is 58.7 Å². The molecule has 27 heavy (non-hydrogen) atoms. The molecule has 1 aliphatic carbocycles. The number of likely N-dealkylation sites (N-methyl/N-ethyl adjacent to an activating group) is 1. The molecule has 0 atom stereocenters. The Bertz CT molecular complexity index is 947. The van der Waals surface area contributed by atoms with Crippen LogP contribution in [0.4, 0.5) is 5.69 Å². The van der Waals surface area contributed by atoms with Crippen LogP contribution in [-0.2, 0) is 27.7 Å². The number of sulfonamides is 1. The van der Waals surface area contributed by atoms with E-state index in [0.717, 1.165) is 52.4 Å². The van der Waals surface area contributed by atoms with E-state index in [4.69, 9.17) is 0 Å². The number of carbonyl (C=O) groups excluding carboxylic acids is 1. The maximum Gasteiger partial charge on any atom is 0.243 e. The van der Waals surface area contributed by atoms with Gasteiger partial charge in [0.1, 0.15) is 0 Å². The number of anilines is 1. The van der Waals surface area contributed by atoms with Crippen molar-refractivity contribution in [2.24, 2.45) is 0 Å². The van der Waals surface area contributed by atoms with Crippen LogP contribution in [0.1, 0.15) is 35.1 Å². The SMILES string of the molecule is Cc1cccc(C)c1NC(=O)CN(C)S(=O)(=O)c1ccc2c(c1)CCCC2. The van der Waals surface area contributed by atoms with Gasteiger partial charge in [-0.05, 0) is 73.9 Å². The van der Waals surface area contributed by atoms with Gasteiger partial charge in [0.05, 0.1) is 11.4 Å². The molecule has 144 valence electrons. The number of carbonyl (C=O) groups is 1. The highest BCUT2D eigenvalue weighted by molar-refractivity contribution is 7.89. The summed E-state index contributed by atoms with van der Waals surface area (Å²) in [7, 11) is -2.26. The lowest BCUT2D eigenvalue weighted by atomic mass is 9.92. The number of para-hydroxylation sites is 1. The van der Waals surface area contributed by atoms with Gasteiger partial charge in [-0.1, -0.05) is 24.3 Å². The van der Waals surface area contributed by atoms with Crippen molar-refractivity contribution in [3.8, 4) is 0 Å². The Morgan fingerprint density at radius 1 is 1.04 bits per heavy atom. The largest absolute Gasteiger partial charge is 0.324 e. The fourth-order valence-electron chi connectivity index (χ4n) is 3.53. The Morgan fingerprint density at radius 3 is 2.33 bits per heavy atom. The molecular formula is C21H26N2O3S. The second-order valence-corrected chi connectivity index (χ2v) is 9.26. The zero-order valence-electron chi connectivity index (χ0n) is 16.1. The van der Waals surface area contributed by atoms with Gasteiger partial charge in [0, 0.05) is 12.7 Å².